The Bertz CT molecular complexity index is 650. The largest absolute Gasteiger partial charge is 0.496 e. The Labute approximate surface area is 120 Å². The zero-order valence-electron chi connectivity index (χ0n) is 11.4. The molecule has 1 amide bonds. The van der Waals surface area contributed by atoms with Crippen molar-refractivity contribution in [2.45, 2.75) is 6.42 Å². The second-order valence-corrected chi connectivity index (χ2v) is 4.21. The van der Waals surface area contributed by atoms with Gasteiger partial charge < -0.3 is 14.5 Å². The van der Waals surface area contributed by atoms with Crippen LogP contribution in [0.1, 0.15) is 16.1 Å². The zero-order chi connectivity index (χ0) is 15.2. The first kappa shape index (κ1) is 14.6. The van der Waals surface area contributed by atoms with Crippen molar-refractivity contribution >= 4 is 11.8 Å². The molecule has 0 unspecified atom stereocenters. The average Bonchev–Trinajstić information content (AvgIpc) is 2.98. The molecule has 2 rings (SSSR count). The first-order chi connectivity index (χ1) is 10.1. The molecule has 0 fully saturated rings. The van der Waals surface area contributed by atoms with Crippen LogP contribution in [0.2, 0.25) is 0 Å². The van der Waals surface area contributed by atoms with Crippen molar-refractivity contribution in [3.05, 3.63) is 57.8 Å². The van der Waals surface area contributed by atoms with Crippen LogP contribution in [0.5, 0.6) is 5.75 Å². The first-order valence-corrected chi connectivity index (χ1v) is 6.26. The lowest BCUT2D eigenvalue weighted by atomic mass is 10.1. The zero-order valence-corrected chi connectivity index (χ0v) is 11.4. The number of hydrogen-bond acceptors (Lipinski definition) is 5. The SMILES string of the molecule is COc1ccccc1CCNC(=O)c1ccc([N+](=O)[O-])o1. The van der Waals surface area contributed by atoms with Gasteiger partial charge in [-0.3, -0.25) is 14.9 Å². The number of methoxy groups -OCH3 is 1. The standard InChI is InChI=1S/C14H14N2O5/c1-20-11-5-3-2-4-10(11)8-9-15-14(17)12-6-7-13(21-12)16(18)19/h2-7H,8-9H2,1H3,(H,15,17). The maximum absolute atomic E-state index is 11.8. The Hall–Kier alpha value is -2.83. The van der Waals surface area contributed by atoms with Crippen molar-refractivity contribution < 1.29 is 18.9 Å². The summed E-state index contributed by atoms with van der Waals surface area (Å²) in [6.07, 6.45) is 0.582. The fourth-order valence-corrected chi connectivity index (χ4v) is 1.86. The van der Waals surface area contributed by atoms with E-state index >= 15 is 0 Å². The molecular formula is C14H14N2O5. The second-order valence-electron chi connectivity index (χ2n) is 4.21. The van der Waals surface area contributed by atoms with E-state index in [1.165, 1.54) is 6.07 Å². The van der Waals surface area contributed by atoms with E-state index in [0.717, 1.165) is 17.4 Å². The minimum Gasteiger partial charge on any atom is -0.496 e. The van der Waals surface area contributed by atoms with Crippen LogP contribution in [-0.2, 0) is 6.42 Å². The summed E-state index contributed by atoms with van der Waals surface area (Å²) >= 11 is 0. The summed E-state index contributed by atoms with van der Waals surface area (Å²) in [7, 11) is 1.58. The normalized spacial score (nSPS) is 10.1. The lowest BCUT2D eigenvalue weighted by Gasteiger charge is -2.08. The van der Waals surface area contributed by atoms with Crippen molar-refractivity contribution in [3.63, 3.8) is 0 Å². The summed E-state index contributed by atoms with van der Waals surface area (Å²) in [6, 6.07) is 9.92. The molecular weight excluding hydrogens is 276 g/mol. The lowest BCUT2D eigenvalue weighted by Crippen LogP contribution is -2.25. The number of furan rings is 1. The van der Waals surface area contributed by atoms with Crippen LogP contribution >= 0.6 is 0 Å². The van der Waals surface area contributed by atoms with Crippen molar-refractivity contribution in [1.82, 2.24) is 5.32 Å². The Morgan fingerprint density at radius 3 is 2.76 bits per heavy atom. The van der Waals surface area contributed by atoms with Crippen LogP contribution in [0.25, 0.3) is 0 Å². The summed E-state index contributed by atoms with van der Waals surface area (Å²) in [5, 5.41) is 13.1. The van der Waals surface area contributed by atoms with Gasteiger partial charge in [0.05, 0.1) is 13.2 Å². The molecule has 0 bridgehead atoms. The molecule has 0 aliphatic carbocycles. The van der Waals surface area contributed by atoms with Crippen LogP contribution in [-0.4, -0.2) is 24.5 Å². The van der Waals surface area contributed by atoms with Crippen LogP contribution in [0.4, 0.5) is 5.88 Å². The van der Waals surface area contributed by atoms with Gasteiger partial charge in [0.25, 0.3) is 5.91 Å². The highest BCUT2D eigenvalue weighted by atomic mass is 16.6. The Balaban J connectivity index is 1.90. The third kappa shape index (κ3) is 3.59. The van der Waals surface area contributed by atoms with Gasteiger partial charge in [-0.2, -0.15) is 0 Å². The summed E-state index contributed by atoms with van der Waals surface area (Å²) < 4.78 is 10.0. The van der Waals surface area contributed by atoms with Gasteiger partial charge in [0, 0.05) is 6.54 Å². The molecule has 7 heteroatoms. The van der Waals surface area contributed by atoms with E-state index in [-0.39, 0.29) is 5.76 Å². The van der Waals surface area contributed by atoms with Gasteiger partial charge in [-0.25, -0.2) is 0 Å². The molecule has 110 valence electrons. The predicted molar refractivity (Wildman–Crippen MR) is 74.4 cm³/mol. The number of para-hydroxylation sites is 1. The molecule has 0 aliphatic heterocycles. The van der Waals surface area contributed by atoms with E-state index in [4.69, 9.17) is 9.15 Å². The van der Waals surface area contributed by atoms with Crippen molar-refractivity contribution in [3.8, 4) is 5.75 Å². The number of nitro groups is 1. The lowest BCUT2D eigenvalue weighted by molar-refractivity contribution is -0.402. The van der Waals surface area contributed by atoms with E-state index < -0.39 is 16.7 Å². The molecule has 21 heavy (non-hydrogen) atoms. The molecule has 0 atom stereocenters. The minimum absolute atomic E-state index is 0.0817. The fraction of sp³-hybridized carbons (Fsp3) is 0.214. The van der Waals surface area contributed by atoms with Crippen LogP contribution < -0.4 is 10.1 Å². The molecule has 0 spiro atoms. The average molecular weight is 290 g/mol. The van der Waals surface area contributed by atoms with Gasteiger partial charge in [0.15, 0.2) is 5.76 Å². The van der Waals surface area contributed by atoms with Gasteiger partial charge >= 0.3 is 5.88 Å². The Kier molecular flexibility index (Phi) is 4.55. The number of carbonyl (C=O) groups excluding carboxylic acids is 1. The molecule has 7 nitrogen and oxygen atoms in total. The monoisotopic (exact) mass is 290 g/mol. The summed E-state index contributed by atoms with van der Waals surface area (Å²) in [5.74, 6) is -0.273. The van der Waals surface area contributed by atoms with Gasteiger partial charge in [-0.1, -0.05) is 18.2 Å². The molecule has 0 saturated carbocycles. The number of nitrogens with one attached hydrogen (secondary N) is 1. The quantitative estimate of drug-likeness (QED) is 0.650. The van der Waals surface area contributed by atoms with E-state index in [0.29, 0.717) is 13.0 Å². The topological polar surface area (TPSA) is 94.6 Å². The highest BCUT2D eigenvalue weighted by molar-refractivity contribution is 5.91. The summed E-state index contributed by atoms with van der Waals surface area (Å²) in [6.45, 7) is 0.369. The molecule has 1 heterocycles. The number of rotatable bonds is 6. The number of benzene rings is 1. The van der Waals surface area contributed by atoms with Crippen molar-refractivity contribution in [2.24, 2.45) is 0 Å². The fourth-order valence-electron chi connectivity index (χ4n) is 1.86. The molecule has 0 saturated heterocycles. The highest BCUT2D eigenvalue weighted by Gasteiger charge is 2.16. The van der Waals surface area contributed by atoms with Gasteiger partial charge in [-0.05, 0) is 24.1 Å². The number of ether oxygens (including phenoxy) is 1. The van der Waals surface area contributed by atoms with Gasteiger partial charge in [-0.15, -0.1) is 0 Å². The molecule has 1 aromatic carbocycles. The number of hydrogen-bond donors (Lipinski definition) is 1. The maximum Gasteiger partial charge on any atom is 0.433 e. The van der Waals surface area contributed by atoms with Crippen LogP contribution in [0.15, 0.2) is 40.8 Å². The number of carbonyl (C=O) groups is 1. The smallest absolute Gasteiger partial charge is 0.433 e. The Morgan fingerprint density at radius 1 is 1.33 bits per heavy atom. The molecule has 0 aliphatic rings. The second kappa shape index (κ2) is 6.56. The third-order valence-corrected chi connectivity index (χ3v) is 2.87. The van der Waals surface area contributed by atoms with Gasteiger partial charge in [0.2, 0.25) is 0 Å². The van der Waals surface area contributed by atoms with E-state index in [1.54, 1.807) is 7.11 Å². The van der Waals surface area contributed by atoms with Gasteiger partial charge in [0.1, 0.15) is 10.7 Å². The van der Waals surface area contributed by atoms with Crippen LogP contribution in [0.3, 0.4) is 0 Å². The maximum atomic E-state index is 11.8. The number of amides is 1. The van der Waals surface area contributed by atoms with Crippen molar-refractivity contribution in [1.29, 1.82) is 0 Å². The van der Waals surface area contributed by atoms with E-state index in [1.807, 2.05) is 24.3 Å². The third-order valence-electron chi connectivity index (χ3n) is 2.87. The van der Waals surface area contributed by atoms with E-state index in [2.05, 4.69) is 5.32 Å². The first-order valence-electron chi connectivity index (χ1n) is 6.26. The summed E-state index contributed by atoms with van der Waals surface area (Å²) in [4.78, 5) is 21.6. The van der Waals surface area contributed by atoms with E-state index in [9.17, 15) is 14.9 Å². The molecule has 0 radical (unpaired) electrons. The summed E-state index contributed by atoms with van der Waals surface area (Å²) in [5.41, 5.74) is 0.964. The molecule has 1 N–H and O–H groups in total. The molecule has 1 aromatic heterocycles. The highest BCUT2D eigenvalue weighted by Crippen LogP contribution is 2.18. The predicted octanol–water partition coefficient (Wildman–Crippen LogP) is 2.17. The number of nitrogens with zero attached hydrogens (tertiary/aromatic N) is 1. The Morgan fingerprint density at radius 2 is 2.10 bits per heavy atom. The minimum atomic E-state index is -0.689. The van der Waals surface area contributed by atoms with Crippen molar-refractivity contribution in [2.75, 3.05) is 13.7 Å². The van der Waals surface area contributed by atoms with Crippen LogP contribution in [0, 0.1) is 10.1 Å². The molecule has 2 aromatic rings.